The maximum Gasteiger partial charge on any atom is 0.225 e. The standard InChI is InChI=1S/C16H26N2O/c17-3-4-18(16(19)12-1-2-12)15-13-6-10-5-11(8-13)9-14(15)7-10/h10-15H,1-9,17H2. The lowest BCUT2D eigenvalue weighted by Gasteiger charge is -2.57. The molecule has 3 heteroatoms. The lowest BCUT2D eigenvalue weighted by molar-refractivity contribution is -0.144. The summed E-state index contributed by atoms with van der Waals surface area (Å²) < 4.78 is 0. The molecular formula is C16H26N2O. The number of hydrogen-bond acceptors (Lipinski definition) is 2. The fourth-order valence-corrected chi connectivity index (χ4v) is 5.52. The van der Waals surface area contributed by atoms with Gasteiger partial charge in [-0.2, -0.15) is 0 Å². The molecule has 0 atom stereocenters. The number of nitrogens with two attached hydrogens (primary N) is 1. The Kier molecular flexibility index (Phi) is 2.87. The average Bonchev–Trinajstić information content (AvgIpc) is 3.19. The largest absolute Gasteiger partial charge is 0.338 e. The molecule has 0 aromatic heterocycles. The second-order valence-corrected chi connectivity index (χ2v) is 7.52. The van der Waals surface area contributed by atoms with Gasteiger partial charge in [-0.05, 0) is 68.6 Å². The highest BCUT2D eigenvalue weighted by molar-refractivity contribution is 5.81. The number of nitrogens with zero attached hydrogens (tertiary/aromatic N) is 1. The molecule has 2 N–H and O–H groups in total. The van der Waals surface area contributed by atoms with E-state index in [-0.39, 0.29) is 0 Å². The van der Waals surface area contributed by atoms with Crippen LogP contribution in [-0.4, -0.2) is 29.9 Å². The molecule has 0 saturated heterocycles. The molecule has 0 aliphatic heterocycles. The van der Waals surface area contributed by atoms with E-state index in [0.29, 0.717) is 24.4 Å². The zero-order valence-electron chi connectivity index (χ0n) is 11.8. The normalized spacial score (nSPS) is 43.5. The van der Waals surface area contributed by atoms with Crippen LogP contribution in [0.5, 0.6) is 0 Å². The highest BCUT2D eigenvalue weighted by Gasteiger charge is 2.51. The molecule has 3 nitrogen and oxygen atoms in total. The third-order valence-corrected chi connectivity index (χ3v) is 6.12. The highest BCUT2D eigenvalue weighted by Crippen LogP contribution is 2.55. The lowest BCUT2D eigenvalue weighted by atomic mass is 9.54. The summed E-state index contributed by atoms with van der Waals surface area (Å²) in [4.78, 5) is 14.8. The summed E-state index contributed by atoms with van der Waals surface area (Å²) >= 11 is 0. The van der Waals surface area contributed by atoms with Crippen LogP contribution >= 0.6 is 0 Å². The van der Waals surface area contributed by atoms with Crippen LogP contribution in [0.3, 0.4) is 0 Å². The van der Waals surface area contributed by atoms with Gasteiger partial charge in [0, 0.05) is 25.0 Å². The first-order valence-electron chi connectivity index (χ1n) is 8.26. The first kappa shape index (κ1) is 12.2. The molecule has 5 fully saturated rings. The zero-order chi connectivity index (χ0) is 13.0. The van der Waals surface area contributed by atoms with E-state index in [1.807, 2.05) is 0 Å². The zero-order valence-corrected chi connectivity index (χ0v) is 11.8. The molecular weight excluding hydrogens is 236 g/mol. The lowest BCUT2D eigenvalue weighted by Crippen LogP contribution is -2.58. The van der Waals surface area contributed by atoms with Crippen molar-refractivity contribution < 1.29 is 4.79 Å². The fourth-order valence-electron chi connectivity index (χ4n) is 5.52. The van der Waals surface area contributed by atoms with Gasteiger partial charge in [-0.25, -0.2) is 0 Å². The van der Waals surface area contributed by atoms with Gasteiger partial charge in [0.15, 0.2) is 0 Å². The van der Waals surface area contributed by atoms with Gasteiger partial charge >= 0.3 is 0 Å². The van der Waals surface area contributed by atoms with Crippen LogP contribution in [0.2, 0.25) is 0 Å². The van der Waals surface area contributed by atoms with E-state index in [9.17, 15) is 4.79 Å². The minimum Gasteiger partial charge on any atom is -0.338 e. The van der Waals surface area contributed by atoms with Crippen molar-refractivity contribution in [1.82, 2.24) is 4.90 Å². The van der Waals surface area contributed by atoms with Crippen LogP contribution in [-0.2, 0) is 4.79 Å². The molecule has 0 unspecified atom stereocenters. The molecule has 0 radical (unpaired) electrons. The third-order valence-electron chi connectivity index (χ3n) is 6.12. The summed E-state index contributed by atoms with van der Waals surface area (Å²) in [5.74, 6) is 4.34. The second-order valence-electron chi connectivity index (χ2n) is 7.52. The van der Waals surface area contributed by atoms with Crippen LogP contribution in [0.1, 0.15) is 44.9 Å². The predicted molar refractivity (Wildman–Crippen MR) is 74.3 cm³/mol. The van der Waals surface area contributed by atoms with Crippen LogP contribution in [0.25, 0.3) is 0 Å². The van der Waals surface area contributed by atoms with Gasteiger partial charge < -0.3 is 10.6 Å². The molecule has 106 valence electrons. The van der Waals surface area contributed by atoms with E-state index in [2.05, 4.69) is 4.90 Å². The van der Waals surface area contributed by atoms with Gasteiger partial charge in [0.25, 0.3) is 0 Å². The van der Waals surface area contributed by atoms with Crippen LogP contribution in [0.4, 0.5) is 0 Å². The summed E-state index contributed by atoms with van der Waals surface area (Å²) in [6.07, 6.45) is 9.26. The highest BCUT2D eigenvalue weighted by atomic mass is 16.2. The van der Waals surface area contributed by atoms with Gasteiger partial charge in [0.1, 0.15) is 0 Å². The van der Waals surface area contributed by atoms with Gasteiger partial charge in [0.05, 0.1) is 0 Å². The van der Waals surface area contributed by atoms with Crippen molar-refractivity contribution in [1.29, 1.82) is 0 Å². The summed E-state index contributed by atoms with van der Waals surface area (Å²) in [5, 5.41) is 0. The maximum absolute atomic E-state index is 12.6. The Morgan fingerprint density at radius 1 is 1.00 bits per heavy atom. The van der Waals surface area contributed by atoms with E-state index >= 15 is 0 Å². The Labute approximate surface area is 115 Å². The summed E-state index contributed by atoms with van der Waals surface area (Å²) in [7, 11) is 0. The average molecular weight is 262 g/mol. The molecule has 1 amide bonds. The van der Waals surface area contributed by atoms with Crippen LogP contribution in [0, 0.1) is 29.6 Å². The maximum atomic E-state index is 12.6. The first-order chi connectivity index (χ1) is 9.26. The van der Waals surface area contributed by atoms with Gasteiger partial charge in [-0.1, -0.05) is 0 Å². The molecule has 0 aromatic rings. The Bertz CT molecular complexity index is 349. The van der Waals surface area contributed by atoms with E-state index < -0.39 is 0 Å². The molecule has 5 saturated carbocycles. The Morgan fingerprint density at radius 2 is 1.58 bits per heavy atom. The van der Waals surface area contributed by atoms with Crippen molar-refractivity contribution in [2.24, 2.45) is 35.3 Å². The fraction of sp³-hybridized carbons (Fsp3) is 0.938. The molecule has 5 rings (SSSR count). The number of carbonyl (C=O) groups excluding carboxylic acids is 1. The van der Waals surface area contributed by atoms with Crippen molar-refractivity contribution in [3.05, 3.63) is 0 Å². The molecule has 4 bridgehead atoms. The third kappa shape index (κ3) is 2.01. The number of amides is 1. The van der Waals surface area contributed by atoms with Crippen molar-refractivity contribution in [2.75, 3.05) is 13.1 Å². The predicted octanol–water partition coefficient (Wildman–Crippen LogP) is 2.01. The summed E-state index contributed by atoms with van der Waals surface area (Å²) in [6, 6.07) is 0.546. The minimum atomic E-state index is 0.351. The van der Waals surface area contributed by atoms with E-state index in [1.165, 1.54) is 32.1 Å². The molecule has 5 aliphatic rings. The van der Waals surface area contributed by atoms with E-state index in [0.717, 1.165) is 43.1 Å². The van der Waals surface area contributed by atoms with E-state index in [1.54, 1.807) is 0 Å². The summed E-state index contributed by atoms with van der Waals surface area (Å²) in [6.45, 7) is 1.42. The Morgan fingerprint density at radius 3 is 2.05 bits per heavy atom. The van der Waals surface area contributed by atoms with Gasteiger partial charge in [0.2, 0.25) is 5.91 Å². The quantitative estimate of drug-likeness (QED) is 0.842. The number of carbonyl (C=O) groups is 1. The smallest absolute Gasteiger partial charge is 0.225 e. The van der Waals surface area contributed by atoms with Crippen molar-refractivity contribution in [3.8, 4) is 0 Å². The molecule has 0 spiro atoms. The first-order valence-corrected chi connectivity index (χ1v) is 8.26. The second kappa shape index (κ2) is 4.47. The molecule has 19 heavy (non-hydrogen) atoms. The number of rotatable bonds is 4. The van der Waals surface area contributed by atoms with Crippen molar-refractivity contribution in [3.63, 3.8) is 0 Å². The van der Waals surface area contributed by atoms with Crippen molar-refractivity contribution in [2.45, 2.75) is 51.0 Å². The van der Waals surface area contributed by atoms with E-state index in [4.69, 9.17) is 5.73 Å². The van der Waals surface area contributed by atoms with Crippen molar-refractivity contribution >= 4 is 5.91 Å². The molecule has 5 aliphatic carbocycles. The summed E-state index contributed by atoms with van der Waals surface area (Å²) in [5.41, 5.74) is 5.79. The Balaban J connectivity index is 1.56. The molecule has 0 heterocycles. The SMILES string of the molecule is NCCN(C(=O)C1CC1)C1C2CC3CC(C2)CC1C3. The number of hydrogen-bond donors (Lipinski definition) is 1. The minimum absolute atomic E-state index is 0.351. The monoisotopic (exact) mass is 262 g/mol. The molecule has 0 aromatic carbocycles. The van der Waals surface area contributed by atoms with Gasteiger partial charge in [-0.15, -0.1) is 0 Å². The topological polar surface area (TPSA) is 46.3 Å². The van der Waals surface area contributed by atoms with Crippen LogP contribution in [0.15, 0.2) is 0 Å². The van der Waals surface area contributed by atoms with Gasteiger partial charge in [-0.3, -0.25) is 4.79 Å². The van der Waals surface area contributed by atoms with Crippen LogP contribution < -0.4 is 5.73 Å². The Hall–Kier alpha value is -0.570.